The molecule has 0 saturated heterocycles. The first-order valence-corrected chi connectivity index (χ1v) is 11.6. The minimum absolute atomic E-state index is 0.268. The third kappa shape index (κ3) is 5.69. The molecule has 0 aliphatic rings. The zero-order valence-corrected chi connectivity index (χ0v) is 20.5. The van der Waals surface area contributed by atoms with Crippen LogP contribution in [0.1, 0.15) is 12.5 Å². The molecule has 1 amide bonds. The number of nitrogens with one attached hydrogen (secondary N) is 2. The normalized spacial score (nSPS) is 11.1. The number of carbonyl (C=O) groups is 1. The standard InChI is InChI=1S/C25H20BrFN4O5/c1-2-35-21-11-15(13-28-31-24(33)18-8-3-4-9-20(18)30-25(31)34)10-19(26)23(21)36-14-22(32)29-17-7-5-6-16(27)12-17/h3-13H,2,14H2,1H3,(H,29,32)(H,30,34). The number of fused-ring (bicyclic) bond motifs is 1. The van der Waals surface area contributed by atoms with Crippen LogP contribution in [-0.4, -0.2) is 35.0 Å². The molecular formula is C25H20BrFN4O5. The number of para-hydroxylation sites is 1. The largest absolute Gasteiger partial charge is 0.490 e. The van der Waals surface area contributed by atoms with Crippen LogP contribution in [0.3, 0.4) is 0 Å². The molecule has 0 spiro atoms. The van der Waals surface area contributed by atoms with Crippen LogP contribution < -0.4 is 26.0 Å². The summed E-state index contributed by atoms with van der Waals surface area (Å²) in [4.78, 5) is 39.9. The highest BCUT2D eigenvalue weighted by Gasteiger charge is 2.14. The molecule has 0 aliphatic heterocycles. The summed E-state index contributed by atoms with van der Waals surface area (Å²) in [5.41, 5.74) is -0.00921. The van der Waals surface area contributed by atoms with E-state index in [1.807, 2.05) is 0 Å². The molecule has 9 nitrogen and oxygen atoms in total. The number of ether oxygens (including phenoxy) is 2. The Morgan fingerprint density at radius 2 is 1.94 bits per heavy atom. The molecular weight excluding hydrogens is 535 g/mol. The van der Waals surface area contributed by atoms with Crippen molar-refractivity contribution in [3.8, 4) is 11.5 Å². The van der Waals surface area contributed by atoms with Gasteiger partial charge in [-0.3, -0.25) is 9.59 Å². The van der Waals surface area contributed by atoms with Gasteiger partial charge in [-0.2, -0.15) is 5.10 Å². The fourth-order valence-corrected chi connectivity index (χ4v) is 3.92. The van der Waals surface area contributed by atoms with Gasteiger partial charge in [0.25, 0.3) is 11.5 Å². The first-order valence-electron chi connectivity index (χ1n) is 10.8. The maximum atomic E-state index is 13.3. The van der Waals surface area contributed by atoms with E-state index >= 15 is 0 Å². The van der Waals surface area contributed by atoms with Crippen LogP contribution >= 0.6 is 15.9 Å². The van der Waals surface area contributed by atoms with Crippen molar-refractivity contribution in [2.24, 2.45) is 5.10 Å². The molecule has 3 aromatic carbocycles. The van der Waals surface area contributed by atoms with Gasteiger partial charge in [-0.25, -0.2) is 9.18 Å². The first-order chi connectivity index (χ1) is 17.4. The van der Waals surface area contributed by atoms with Crippen molar-refractivity contribution in [2.45, 2.75) is 6.92 Å². The average Bonchev–Trinajstić information content (AvgIpc) is 2.83. The first kappa shape index (κ1) is 24.9. The number of amides is 1. The molecule has 4 rings (SSSR count). The highest BCUT2D eigenvalue weighted by atomic mass is 79.9. The molecule has 36 heavy (non-hydrogen) atoms. The molecule has 11 heteroatoms. The summed E-state index contributed by atoms with van der Waals surface area (Å²) in [5, 5.41) is 6.92. The van der Waals surface area contributed by atoms with Crippen molar-refractivity contribution in [3.05, 3.63) is 97.4 Å². The van der Waals surface area contributed by atoms with E-state index in [1.165, 1.54) is 24.4 Å². The van der Waals surface area contributed by atoms with Crippen LogP contribution in [0, 0.1) is 5.82 Å². The van der Waals surface area contributed by atoms with Gasteiger partial charge in [-0.05, 0) is 70.9 Å². The molecule has 184 valence electrons. The zero-order valence-electron chi connectivity index (χ0n) is 19.0. The van der Waals surface area contributed by atoms with Crippen molar-refractivity contribution in [3.63, 3.8) is 0 Å². The predicted molar refractivity (Wildman–Crippen MR) is 138 cm³/mol. The molecule has 0 fully saturated rings. The van der Waals surface area contributed by atoms with E-state index < -0.39 is 23.0 Å². The minimum atomic E-state index is -0.677. The van der Waals surface area contributed by atoms with Crippen molar-refractivity contribution in [2.75, 3.05) is 18.5 Å². The Balaban J connectivity index is 1.56. The maximum absolute atomic E-state index is 13.3. The highest BCUT2D eigenvalue weighted by molar-refractivity contribution is 9.10. The lowest BCUT2D eigenvalue weighted by atomic mass is 10.2. The molecule has 2 N–H and O–H groups in total. The second-order valence-electron chi connectivity index (χ2n) is 7.45. The average molecular weight is 555 g/mol. The van der Waals surface area contributed by atoms with Crippen molar-refractivity contribution in [1.82, 2.24) is 9.66 Å². The highest BCUT2D eigenvalue weighted by Crippen LogP contribution is 2.36. The van der Waals surface area contributed by atoms with Gasteiger partial charge < -0.3 is 19.8 Å². The zero-order chi connectivity index (χ0) is 25.7. The Morgan fingerprint density at radius 3 is 2.72 bits per heavy atom. The van der Waals surface area contributed by atoms with E-state index in [-0.39, 0.29) is 12.4 Å². The van der Waals surface area contributed by atoms with Crippen LogP contribution in [0.5, 0.6) is 11.5 Å². The molecule has 0 bridgehead atoms. The fraction of sp³-hybridized carbons (Fsp3) is 0.120. The third-order valence-corrected chi connectivity index (χ3v) is 5.48. The number of H-pyrrole nitrogens is 1. The van der Waals surface area contributed by atoms with Gasteiger partial charge in [0.05, 0.1) is 28.2 Å². The summed E-state index contributed by atoms with van der Waals surface area (Å²) in [6.45, 7) is 1.73. The topological polar surface area (TPSA) is 115 Å². The number of nitrogens with zero attached hydrogens (tertiary/aromatic N) is 2. The van der Waals surface area contributed by atoms with E-state index in [4.69, 9.17) is 9.47 Å². The van der Waals surface area contributed by atoms with E-state index in [2.05, 4.69) is 31.3 Å². The van der Waals surface area contributed by atoms with Gasteiger partial charge in [-0.1, -0.05) is 18.2 Å². The molecule has 0 radical (unpaired) electrons. The summed E-state index contributed by atoms with van der Waals surface area (Å²) in [6, 6.07) is 15.4. The number of aromatic nitrogens is 2. The summed E-state index contributed by atoms with van der Waals surface area (Å²) in [6.07, 6.45) is 1.33. The number of rotatable bonds is 8. The Bertz CT molecular complexity index is 1580. The van der Waals surface area contributed by atoms with Gasteiger partial charge >= 0.3 is 5.69 Å². The lowest BCUT2D eigenvalue weighted by Gasteiger charge is -2.14. The number of hydrogen-bond donors (Lipinski definition) is 2. The second-order valence-corrected chi connectivity index (χ2v) is 8.30. The van der Waals surface area contributed by atoms with Gasteiger partial charge in [0.2, 0.25) is 0 Å². The molecule has 1 heterocycles. The van der Waals surface area contributed by atoms with E-state index in [1.54, 1.807) is 49.4 Å². The van der Waals surface area contributed by atoms with E-state index in [9.17, 15) is 18.8 Å². The minimum Gasteiger partial charge on any atom is -0.490 e. The van der Waals surface area contributed by atoms with Crippen LogP contribution in [0.4, 0.5) is 10.1 Å². The Hall–Kier alpha value is -4.25. The van der Waals surface area contributed by atoms with Gasteiger partial charge in [-0.15, -0.1) is 4.68 Å². The third-order valence-electron chi connectivity index (χ3n) is 4.89. The van der Waals surface area contributed by atoms with Gasteiger partial charge in [0.15, 0.2) is 18.1 Å². The monoisotopic (exact) mass is 554 g/mol. The fourth-order valence-electron chi connectivity index (χ4n) is 3.35. The van der Waals surface area contributed by atoms with Crippen LogP contribution in [0.15, 0.2) is 79.8 Å². The molecule has 4 aromatic rings. The number of hydrogen-bond acceptors (Lipinski definition) is 6. The quantitative estimate of drug-likeness (QED) is 0.321. The molecule has 0 atom stereocenters. The van der Waals surface area contributed by atoms with E-state index in [0.29, 0.717) is 39.0 Å². The number of carbonyl (C=O) groups excluding carboxylic acids is 1. The smallest absolute Gasteiger partial charge is 0.349 e. The Morgan fingerprint density at radius 1 is 1.14 bits per heavy atom. The van der Waals surface area contributed by atoms with Crippen LogP contribution in [0.25, 0.3) is 10.9 Å². The number of aromatic amines is 1. The van der Waals surface area contributed by atoms with Crippen molar-refractivity contribution in [1.29, 1.82) is 0 Å². The number of benzene rings is 3. The molecule has 0 saturated carbocycles. The van der Waals surface area contributed by atoms with Crippen LogP contribution in [0.2, 0.25) is 0 Å². The summed E-state index contributed by atoms with van der Waals surface area (Å²) in [7, 11) is 0. The maximum Gasteiger partial charge on any atom is 0.349 e. The lowest BCUT2D eigenvalue weighted by Crippen LogP contribution is -2.32. The molecule has 0 aliphatic carbocycles. The molecule has 0 unspecified atom stereocenters. The SMILES string of the molecule is CCOc1cc(C=Nn2c(=O)[nH]c3ccccc3c2=O)cc(Br)c1OCC(=O)Nc1cccc(F)c1. The Labute approximate surface area is 212 Å². The number of anilines is 1. The summed E-state index contributed by atoms with van der Waals surface area (Å²) in [5.74, 6) is -0.383. The van der Waals surface area contributed by atoms with Gasteiger partial charge in [0, 0.05) is 5.69 Å². The second kappa shape index (κ2) is 11.0. The summed E-state index contributed by atoms with van der Waals surface area (Å²) >= 11 is 3.40. The van der Waals surface area contributed by atoms with E-state index in [0.717, 1.165) is 4.68 Å². The predicted octanol–water partition coefficient (Wildman–Crippen LogP) is 3.89. The lowest BCUT2D eigenvalue weighted by molar-refractivity contribution is -0.118. The number of halogens is 2. The summed E-state index contributed by atoms with van der Waals surface area (Å²) < 4.78 is 25.8. The molecule has 1 aromatic heterocycles. The van der Waals surface area contributed by atoms with Gasteiger partial charge in [0.1, 0.15) is 5.82 Å². The van der Waals surface area contributed by atoms with Crippen molar-refractivity contribution < 1.29 is 18.7 Å². The van der Waals surface area contributed by atoms with Crippen molar-refractivity contribution >= 4 is 44.6 Å². The Kier molecular flexibility index (Phi) is 7.59. The van der Waals surface area contributed by atoms with Crippen LogP contribution in [-0.2, 0) is 4.79 Å².